The van der Waals surface area contributed by atoms with E-state index in [1.54, 1.807) is 0 Å². The van der Waals surface area contributed by atoms with E-state index in [0.717, 1.165) is 6.42 Å². The Kier molecular flexibility index (Phi) is 9.22. The first-order chi connectivity index (χ1) is 16.8. The van der Waals surface area contributed by atoms with Crippen LogP contribution in [0.15, 0.2) is 121 Å². The van der Waals surface area contributed by atoms with E-state index >= 15 is 0 Å². The highest BCUT2D eigenvalue weighted by atomic mass is 79.9. The molecule has 0 bridgehead atoms. The Morgan fingerprint density at radius 1 is 0.629 bits per heavy atom. The Morgan fingerprint density at radius 2 is 1.00 bits per heavy atom. The monoisotopic (exact) mass is 578 g/mol. The quantitative estimate of drug-likeness (QED) is 0.296. The molecule has 5 rings (SSSR count). The zero-order chi connectivity index (χ0) is 23.3. The molecule has 0 saturated carbocycles. The van der Waals surface area contributed by atoms with E-state index in [1.807, 2.05) is 0 Å². The first-order valence-corrected chi connectivity index (χ1v) is 16.0. The molecular weight excluding hydrogens is 547 g/mol. The van der Waals surface area contributed by atoms with Crippen LogP contribution in [0.1, 0.15) is 25.3 Å². The number of hydrogen-bond acceptors (Lipinski definition) is 2. The molecule has 4 aromatic carbocycles. The van der Waals surface area contributed by atoms with Crippen molar-refractivity contribution in [3.63, 3.8) is 0 Å². The number of halogens is 1. The molecule has 35 heavy (non-hydrogen) atoms. The van der Waals surface area contributed by atoms with Gasteiger partial charge in [-0.3, -0.25) is 0 Å². The van der Waals surface area contributed by atoms with Crippen molar-refractivity contribution >= 4 is 46.7 Å². The summed E-state index contributed by atoms with van der Waals surface area (Å²) in [6.45, 7) is 2.53. The molecule has 1 unspecified atom stereocenters. The third kappa shape index (κ3) is 5.30. The number of thioether (sulfide) groups is 2. The lowest BCUT2D eigenvalue weighted by molar-refractivity contribution is -0.00000650. The third-order valence-electron chi connectivity index (χ3n) is 6.89. The van der Waals surface area contributed by atoms with Crippen LogP contribution in [0.5, 0.6) is 0 Å². The van der Waals surface area contributed by atoms with Gasteiger partial charge in [0.15, 0.2) is 0 Å². The molecule has 4 heteroatoms. The molecular formula is C31H32BrPS2. The Labute approximate surface area is 230 Å². The smallest absolute Gasteiger partial charge is 0.114 e. The summed E-state index contributed by atoms with van der Waals surface area (Å²) >= 11 is 4.35. The van der Waals surface area contributed by atoms with Crippen molar-refractivity contribution in [1.29, 1.82) is 0 Å². The summed E-state index contributed by atoms with van der Waals surface area (Å²) < 4.78 is 0.0997. The van der Waals surface area contributed by atoms with Gasteiger partial charge in [0.05, 0.1) is 9.74 Å². The largest absolute Gasteiger partial charge is 1.00 e. The van der Waals surface area contributed by atoms with Gasteiger partial charge in [0.2, 0.25) is 0 Å². The second-order valence-corrected chi connectivity index (χ2v) is 15.9. The van der Waals surface area contributed by atoms with Crippen LogP contribution in [-0.2, 0) is 4.08 Å². The molecule has 1 atom stereocenters. The third-order valence-corrected chi connectivity index (χ3v) is 15.2. The fourth-order valence-electron chi connectivity index (χ4n) is 5.40. The van der Waals surface area contributed by atoms with Gasteiger partial charge >= 0.3 is 0 Å². The predicted octanol–water partition coefficient (Wildman–Crippen LogP) is 4.49. The van der Waals surface area contributed by atoms with E-state index in [0.29, 0.717) is 5.66 Å². The molecule has 0 nitrogen and oxygen atoms in total. The van der Waals surface area contributed by atoms with Crippen molar-refractivity contribution in [3.8, 4) is 0 Å². The number of benzene rings is 4. The zero-order valence-corrected chi connectivity index (χ0v) is 24.2. The van der Waals surface area contributed by atoms with E-state index < -0.39 is 7.26 Å². The molecule has 0 spiro atoms. The van der Waals surface area contributed by atoms with Crippen LogP contribution < -0.4 is 32.9 Å². The molecule has 0 radical (unpaired) electrons. The molecule has 1 aliphatic rings. The molecule has 0 N–H and O–H groups in total. The second-order valence-electron chi connectivity index (χ2n) is 8.95. The molecule has 1 heterocycles. The van der Waals surface area contributed by atoms with Crippen LogP contribution in [0.4, 0.5) is 0 Å². The summed E-state index contributed by atoms with van der Waals surface area (Å²) in [6.07, 6.45) is 2.45. The van der Waals surface area contributed by atoms with E-state index in [9.17, 15) is 0 Å². The minimum absolute atomic E-state index is 0. The highest BCUT2D eigenvalue weighted by Crippen LogP contribution is 2.65. The van der Waals surface area contributed by atoms with Crippen LogP contribution in [0.3, 0.4) is 0 Å². The van der Waals surface area contributed by atoms with E-state index in [4.69, 9.17) is 0 Å². The van der Waals surface area contributed by atoms with E-state index in [1.165, 1.54) is 39.4 Å². The maximum atomic E-state index is 2.53. The summed E-state index contributed by atoms with van der Waals surface area (Å²) in [6, 6.07) is 45.3. The summed E-state index contributed by atoms with van der Waals surface area (Å²) in [5, 5.41) is 4.44. The van der Waals surface area contributed by atoms with Crippen molar-refractivity contribution in [2.45, 2.75) is 29.5 Å². The van der Waals surface area contributed by atoms with Gasteiger partial charge in [0, 0.05) is 6.42 Å². The maximum absolute atomic E-state index is 2.53. The van der Waals surface area contributed by atoms with Gasteiger partial charge in [-0.2, -0.15) is 0 Å². The lowest BCUT2D eigenvalue weighted by atomic mass is 10.1. The fourth-order valence-corrected chi connectivity index (χ4v) is 14.1. The van der Waals surface area contributed by atoms with Gasteiger partial charge in [-0.25, -0.2) is 0 Å². The average molecular weight is 580 g/mol. The lowest BCUT2D eigenvalue weighted by Crippen LogP contribution is -3.00. The topological polar surface area (TPSA) is 0 Å². The van der Waals surface area contributed by atoms with Crippen LogP contribution in [0.2, 0.25) is 0 Å². The van der Waals surface area contributed by atoms with Crippen molar-refractivity contribution in [2.75, 3.05) is 11.5 Å². The minimum Gasteiger partial charge on any atom is -1.00 e. The molecule has 0 aromatic heterocycles. The van der Waals surface area contributed by atoms with Crippen LogP contribution >= 0.6 is 30.8 Å². The number of rotatable bonds is 7. The minimum atomic E-state index is -1.90. The SMILES string of the molecule is CC(CC1(c2ccccc2)SCCCS1)[P+](c1ccccc1)(c1ccccc1)c1ccccc1.[Br-]. The molecule has 4 aromatic rings. The van der Waals surface area contributed by atoms with Crippen LogP contribution in [0.25, 0.3) is 0 Å². The summed E-state index contributed by atoms with van der Waals surface area (Å²) in [5.74, 6) is 2.48. The molecule has 1 saturated heterocycles. The average Bonchev–Trinajstić information content (AvgIpc) is 2.92. The second kappa shape index (κ2) is 12.2. The van der Waals surface area contributed by atoms with E-state index in [-0.39, 0.29) is 21.1 Å². The highest BCUT2D eigenvalue weighted by Gasteiger charge is 2.53. The summed E-state index contributed by atoms with van der Waals surface area (Å²) in [5.41, 5.74) is 1.96. The number of hydrogen-bond donors (Lipinski definition) is 0. The Morgan fingerprint density at radius 3 is 1.40 bits per heavy atom. The first-order valence-electron chi connectivity index (χ1n) is 12.1. The molecule has 1 aliphatic heterocycles. The van der Waals surface area contributed by atoms with Crippen molar-refractivity contribution < 1.29 is 17.0 Å². The maximum Gasteiger partial charge on any atom is 0.114 e. The predicted molar refractivity (Wildman–Crippen MR) is 157 cm³/mol. The van der Waals surface area contributed by atoms with E-state index in [2.05, 4.69) is 152 Å². The van der Waals surface area contributed by atoms with Crippen molar-refractivity contribution in [2.24, 2.45) is 0 Å². The zero-order valence-electron chi connectivity index (χ0n) is 20.1. The summed E-state index contributed by atoms with van der Waals surface area (Å²) in [4.78, 5) is 0. The van der Waals surface area contributed by atoms with Gasteiger partial charge in [0.25, 0.3) is 0 Å². The van der Waals surface area contributed by atoms with Crippen LogP contribution in [0, 0.1) is 0 Å². The summed E-state index contributed by atoms with van der Waals surface area (Å²) in [7, 11) is -1.90. The molecule has 180 valence electrons. The van der Waals surface area contributed by atoms with Gasteiger partial charge in [-0.15, -0.1) is 23.5 Å². The van der Waals surface area contributed by atoms with Gasteiger partial charge in [-0.1, -0.05) is 84.9 Å². The Balaban J connectivity index is 0.00000289. The van der Waals surface area contributed by atoms with Gasteiger partial charge in [-0.05, 0) is 66.8 Å². The molecule has 1 fully saturated rings. The Hall–Kier alpha value is -1.51. The fraction of sp³-hybridized carbons (Fsp3) is 0.226. The van der Waals surface area contributed by atoms with Crippen molar-refractivity contribution in [1.82, 2.24) is 0 Å². The normalized spacial score (nSPS) is 16.1. The van der Waals surface area contributed by atoms with Gasteiger partial charge in [0.1, 0.15) is 23.2 Å². The Bertz CT molecular complexity index is 1070. The molecule has 0 amide bonds. The first kappa shape index (κ1) is 26.6. The molecule has 0 aliphatic carbocycles. The lowest BCUT2D eigenvalue weighted by Gasteiger charge is -2.41. The van der Waals surface area contributed by atoms with Gasteiger partial charge < -0.3 is 17.0 Å². The highest BCUT2D eigenvalue weighted by molar-refractivity contribution is 8.18. The van der Waals surface area contributed by atoms with Crippen LogP contribution in [-0.4, -0.2) is 17.2 Å². The van der Waals surface area contributed by atoms with Crippen molar-refractivity contribution in [3.05, 3.63) is 127 Å². The standard InChI is InChI=1S/C31H32PS2.BrH/c1-26(25-31(33-23-14-24-34-31)27-15-6-2-7-16-27)32(28-17-8-3-9-18-28,29-19-10-4-11-20-29)30-21-12-5-13-22-30;/h2-13,15-22,26H,14,23-25H2,1H3;1H/q+1;/p-1.